The van der Waals surface area contributed by atoms with E-state index >= 15 is 0 Å². The predicted molar refractivity (Wildman–Crippen MR) is 76.4 cm³/mol. The standard InChI is InChI=1S/C15H15N3O3/c1-21-13(19)7-11-9-18-14(17-15(11)20)12(8-16-18)10-5-3-2-4-6-10/h2-6,8,11H,7,9H2,1H3,(H,17,20). The van der Waals surface area contributed by atoms with Gasteiger partial charge in [0.25, 0.3) is 0 Å². The summed E-state index contributed by atoms with van der Waals surface area (Å²) in [7, 11) is 1.32. The summed E-state index contributed by atoms with van der Waals surface area (Å²) in [5.74, 6) is -0.347. The maximum atomic E-state index is 12.1. The minimum Gasteiger partial charge on any atom is -0.469 e. The second-order valence-corrected chi connectivity index (χ2v) is 4.92. The van der Waals surface area contributed by atoms with Crippen molar-refractivity contribution in [3.05, 3.63) is 36.5 Å². The van der Waals surface area contributed by atoms with Crippen LogP contribution in [0.15, 0.2) is 36.5 Å². The van der Waals surface area contributed by atoms with E-state index in [4.69, 9.17) is 0 Å². The monoisotopic (exact) mass is 285 g/mol. The van der Waals surface area contributed by atoms with Gasteiger partial charge in [-0.1, -0.05) is 30.3 Å². The van der Waals surface area contributed by atoms with Crippen molar-refractivity contribution in [1.29, 1.82) is 0 Å². The molecular weight excluding hydrogens is 270 g/mol. The molecule has 0 saturated carbocycles. The van der Waals surface area contributed by atoms with Crippen LogP contribution in [-0.2, 0) is 20.9 Å². The van der Waals surface area contributed by atoms with Crippen LogP contribution in [-0.4, -0.2) is 28.8 Å². The number of amides is 1. The zero-order valence-electron chi connectivity index (χ0n) is 11.6. The second-order valence-electron chi connectivity index (χ2n) is 4.92. The number of benzene rings is 1. The van der Waals surface area contributed by atoms with Gasteiger partial charge in [-0.15, -0.1) is 0 Å². The second kappa shape index (κ2) is 5.40. The van der Waals surface area contributed by atoms with Crippen LogP contribution in [0.25, 0.3) is 11.1 Å². The molecule has 6 nitrogen and oxygen atoms in total. The Kier molecular flexibility index (Phi) is 3.43. The van der Waals surface area contributed by atoms with Gasteiger partial charge in [0.2, 0.25) is 5.91 Å². The van der Waals surface area contributed by atoms with E-state index in [1.54, 1.807) is 10.9 Å². The van der Waals surface area contributed by atoms with Gasteiger partial charge in [0.1, 0.15) is 5.82 Å². The lowest BCUT2D eigenvalue weighted by molar-refractivity contribution is -0.143. The molecule has 21 heavy (non-hydrogen) atoms. The van der Waals surface area contributed by atoms with Crippen molar-refractivity contribution in [3.8, 4) is 11.1 Å². The van der Waals surface area contributed by atoms with Gasteiger partial charge < -0.3 is 10.1 Å². The highest BCUT2D eigenvalue weighted by Crippen LogP contribution is 2.31. The van der Waals surface area contributed by atoms with Crippen LogP contribution in [0, 0.1) is 5.92 Å². The Hall–Kier alpha value is -2.63. The van der Waals surface area contributed by atoms with Crippen molar-refractivity contribution in [1.82, 2.24) is 9.78 Å². The fraction of sp³-hybridized carbons (Fsp3) is 0.267. The summed E-state index contributed by atoms with van der Waals surface area (Å²) in [4.78, 5) is 23.5. The first-order valence-electron chi connectivity index (χ1n) is 6.68. The number of ether oxygens (including phenoxy) is 1. The minimum absolute atomic E-state index is 0.0578. The molecule has 0 spiro atoms. The maximum absolute atomic E-state index is 12.1. The molecular formula is C15H15N3O3. The molecule has 1 amide bonds. The number of carbonyl (C=O) groups excluding carboxylic acids is 2. The number of nitrogens with one attached hydrogen (secondary N) is 1. The molecule has 0 aliphatic carbocycles. The molecule has 0 bridgehead atoms. The van der Waals surface area contributed by atoms with Gasteiger partial charge in [0.15, 0.2) is 0 Å². The summed E-state index contributed by atoms with van der Waals surface area (Å²) in [5, 5.41) is 7.14. The van der Waals surface area contributed by atoms with Gasteiger partial charge in [-0.05, 0) is 5.56 Å². The summed E-state index contributed by atoms with van der Waals surface area (Å²) in [6, 6.07) is 9.73. The lowest BCUT2D eigenvalue weighted by atomic mass is 10.0. The molecule has 1 aromatic carbocycles. The van der Waals surface area contributed by atoms with E-state index in [-0.39, 0.29) is 12.3 Å². The van der Waals surface area contributed by atoms with Gasteiger partial charge in [-0.2, -0.15) is 5.10 Å². The van der Waals surface area contributed by atoms with E-state index < -0.39 is 11.9 Å². The van der Waals surface area contributed by atoms with E-state index in [9.17, 15) is 9.59 Å². The molecule has 1 unspecified atom stereocenters. The maximum Gasteiger partial charge on any atom is 0.306 e. The lowest BCUT2D eigenvalue weighted by Crippen LogP contribution is -2.35. The molecule has 2 heterocycles. The molecule has 108 valence electrons. The summed E-state index contributed by atoms with van der Waals surface area (Å²) >= 11 is 0. The van der Waals surface area contributed by atoms with Crippen LogP contribution in [0.5, 0.6) is 0 Å². The van der Waals surface area contributed by atoms with Crippen LogP contribution >= 0.6 is 0 Å². The Morgan fingerprint density at radius 1 is 1.43 bits per heavy atom. The number of methoxy groups -OCH3 is 1. The number of esters is 1. The molecule has 2 aromatic rings. The van der Waals surface area contributed by atoms with Gasteiger partial charge in [-0.25, -0.2) is 4.68 Å². The molecule has 1 aromatic heterocycles. The molecule has 0 saturated heterocycles. The molecule has 0 radical (unpaired) electrons. The quantitative estimate of drug-likeness (QED) is 0.871. The SMILES string of the molecule is COC(=O)CC1Cn2ncc(-c3ccccc3)c2NC1=O. The highest BCUT2D eigenvalue weighted by Gasteiger charge is 2.30. The largest absolute Gasteiger partial charge is 0.469 e. The molecule has 1 aliphatic heterocycles. The van der Waals surface area contributed by atoms with E-state index in [0.29, 0.717) is 12.4 Å². The molecule has 1 atom stereocenters. The third kappa shape index (κ3) is 2.52. The van der Waals surface area contributed by atoms with Gasteiger partial charge in [-0.3, -0.25) is 9.59 Å². The average molecular weight is 285 g/mol. The molecule has 1 aliphatic rings. The first-order valence-corrected chi connectivity index (χ1v) is 6.68. The minimum atomic E-state index is -0.450. The van der Waals surface area contributed by atoms with E-state index in [0.717, 1.165) is 11.1 Å². The normalized spacial score (nSPS) is 17.0. The van der Waals surface area contributed by atoms with Gasteiger partial charge in [0, 0.05) is 5.56 Å². The fourth-order valence-electron chi connectivity index (χ4n) is 2.44. The van der Waals surface area contributed by atoms with Crippen LogP contribution < -0.4 is 5.32 Å². The number of hydrogen-bond donors (Lipinski definition) is 1. The summed E-state index contributed by atoms with van der Waals surface area (Å²) in [5.41, 5.74) is 1.87. The fourth-order valence-corrected chi connectivity index (χ4v) is 2.44. The number of fused-ring (bicyclic) bond motifs is 1. The Morgan fingerprint density at radius 2 is 2.19 bits per heavy atom. The molecule has 3 rings (SSSR count). The van der Waals surface area contributed by atoms with Crippen LogP contribution in [0.1, 0.15) is 6.42 Å². The summed E-state index contributed by atoms with van der Waals surface area (Å²) in [6.45, 7) is 0.378. The molecule has 0 fully saturated rings. The zero-order valence-corrected chi connectivity index (χ0v) is 11.6. The first kappa shape index (κ1) is 13.4. The van der Waals surface area contributed by atoms with Crippen molar-refractivity contribution in [2.45, 2.75) is 13.0 Å². The summed E-state index contributed by atoms with van der Waals surface area (Å²) in [6.07, 6.45) is 1.79. The number of carbonyl (C=O) groups is 2. The smallest absolute Gasteiger partial charge is 0.306 e. The molecule has 6 heteroatoms. The van der Waals surface area contributed by atoms with Gasteiger partial charge in [0.05, 0.1) is 32.2 Å². The van der Waals surface area contributed by atoms with E-state index in [2.05, 4.69) is 15.2 Å². The average Bonchev–Trinajstić information content (AvgIpc) is 2.91. The van der Waals surface area contributed by atoms with E-state index in [1.165, 1.54) is 7.11 Å². The van der Waals surface area contributed by atoms with Crippen molar-refractivity contribution >= 4 is 17.7 Å². The Labute approximate surface area is 121 Å². The topological polar surface area (TPSA) is 73.2 Å². The Balaban J connectivity index is 1.88. The summed E-state index contributed by atoms with van der Waals surface area (Å²) < 4.78 is 6.33. The predicted octanol–water partition coefficient (Wildman–Crippen LogP) is 1.68. The third-order valence-corrected chi connectivity index (χ3v) is 3.57. The molecule has 1 N–H and O–H groups in total. The lowest BCUT2D eigenvalue weighted by Gasteiger charge is -2.23. The van der Waals surface area contributed by atoms with Gasteiger partial charge >= 0.3 is 5.97 Å². The number of rotatable bonds is 3. The highest BCUT2D eigenvalue weighted by atomic mass is 16.5. The number of hydrogen-bond acceptors (Lipinski definition) is 4. The first-order chi connectivity index (χ1) is 10.2. The highest BCUT2D eigenvalue weighted by molar-refractivity contribution is 5.98. The van der Waals surface area contributed by atoms with E-state index in [1.807, 2.05) is 30.3 Å². The van der Waals surface area contributed by atoms with Crippen molar-refractivity contribution in [2.75, 3.05) is 12.4 Å². The number of aromatic nitrogens is 2. The van der Waals surface area contributed by atoms with Crippen LogP contribution in [0.4, 0.5) is 5.82 Å². The number of nitrogens with zero attached hydrogens (tertiary/aromatic N) is 2. The van der Waals surface area contributed by atoms with Crippen LogP contribution in [0.2, 0.25) is 0 Å². The zero-order chi connectivity index (χ0) is 14.8. The Bertz CT molecular complexity index is 679. The number of anilines is 1. The van der Waals surface area contributed by atoms with Crippen LogP contribution in [0.3, 0.4) is 0 Å². The third-order valence-electron chi connectivity index (χ3n) is 3.57. The Morgan fingerprint density at radius 3 is 2.90 bits per heavy atom. The van der Waals surface area contributed by atoms with Crippen molar-refractivity contribution in [3.63, 3.8) is 0 Å². The van der Waals surface area contributed by atoms with Crippen molar-refractivity contribution < 1.29 is 14.3 Å². The van der Waals surface area contributed by atoms with Crippen molar-refractivity contribution in [2.24, 2.45) is 5.92 Å².